The largest absolute Gasteiger partial charge is 0.489 e. The standard InChI is InChI=1S/C9H13FN2O/c1-7(6-12-11)13-9-4-2-8(10)3-5-9/h2-5,7,12H,6,11H2,1H3. The van der Waals surface area contributed by atoms with E-state index in [4.69, 9.17) is 10.6 Å². The van der Waals surface area contributed by atoms with Gasteiger partial charge in [0.1, 0.15) is 17.7 Å². The second kappa shape index (κ2) is 4.79. The summed E-state index contributed by atoms with van der Waals surface area (Å²) in [7, 11) is 0. The molecule has 13 heavy (non-hydrogen) atoms. The van der Waals surface area contributed by atoms with Crippen molar-refractivity contribution < 1.29 is 9.13 Å². The number of rotatable bonds is 4. The van der Waals surface area contributed by atoms with Crippen LogP contribution in [-0.2, 0) is 0 Å². The molecule has 3 N–H and O–H groups in total. The van der Waals surface area contributed by atoms with Gasteiger partial charge in [0.2, 0.25) is 0 Å². The first kappa shape index (κ1) is 9.95. The van der Waals surface area contributed by atoms with Crippen LogP contribution in [0, 0.1) is 5.82 Å². The Morgan fingerprint density at radius 2 is 2.08 bits per heavy atom. The first-order valence-corrected chi connectivity index (χ1v) is 4.08. The van der Waals surface area contributed by atoms with Gasteiger partial charge in [0.25, 0.3) is 0 Å². The molecule has 0 saturated heterocycles. The molecule has 0 aliphatic carbocycles. The van der Waals surface area contributed by atoms with Gasteiger partial charge in [-0.3, -0.25) is 11.3 Å². The molecule has 4 heteroatoms. The third-order valence-electron chi connectivity index (χ3n) is 1.56. The van der Waals surface area contributed by atoms with Crippen molar-refractivity contribution in [3.05, 3.63) is 30.1 Å². The molecule has 72 valence electrons. The zero-order valence-electron chi connectivity index (χ0n) is 7.46. The number of hydrogen-bond acceptors (Lipinski definition) is 3. The Morgan fingerprint density at radius 3 is 2.62 bits per heavy atom. The molecule has 0 fully saturated rings. The quantitative estimate of drug-likeness (QED) is 0.543. The van der Waals surface area contributed by atoms with E-state index in [-0.39, 0.29) is 11.9 Å². The van der Waals surface area contributed by atoms with Crippen molar-refractivity contribution in [2.75, 3.05) is 6.54 Å². The number of nitrogens with one attached hydrogen (secondary N) is 1. The molecule has 0 amide bonds. The number of halogens is 1. The van der Waals surface area contributed by atoms with Gasteiger partial charge >= 0.3 is 0 Å². The smallest absolute Gasteiger partial charge is 0.123 e. The molecule has 1 atom stereocenters. The van der Waals surface area contributed by atoms with E-state index in [1.165, 1.54) is 12.1 Å². The normalized spacial score (nSPS) is 12.5. The van der Waals surface area contributed by atoms with Crippen molar-refractivity contribution in [3.63, 3.8) is 0 Å². The van der Waals surface area contributed by atoms with E-state index in [2.05, 4.69) is 5.43 Å². The third-order valence-corrected chi connectivity index (χ3v) is 1.56. The van der Waals surface area contributed by atoms with E-state index in [1.807, 2.05) is 6.92 Å². The minimum absolute atomic E-state index is 0.0320. The molecule has 0 saturated carbocycles. The number of ether oxygens (including phenoxy) is 1. The fraction of sp³-hybridized carbons (Fsp3) is 0.333. The van der Waals surface area contributed by atoms with Crippen LogP contribution < -0.4 is 16.0 Å². The lowest BCUT2D eigenvalue weighted by Gasteiger charge is -2.13. The van der Waals surface area contributed by atoms with Crippen molar-refractivity contribution in [1.82, 2.24) is 5.43 Å². The van der Waals surface area contributed by atoms with E-state index in [0.29, 0.717) is 12.3 Å². The van der Waals surface area contributed by atoms with Crippen LogP contribution in [0.25, 0.3) is 0 Å². The monoisotopic (exact) mass is 184 g/mol. The summed E-state index contributed by atoms with van der Waals surface area (Å²) in [6, 6.07) is 5.89. The zero-order valence-corrected chi connectivity index (χ0v) is 7.46. The molecular formula is C9H13FN2O. The number of benzene rings is 1. The lowest BCUT2D eigenvalue weighted by atomic mass is 10.3. The van der Waals surface area contributed by atoms with Crippen LogP contribution >= 0.6 is 0 Å². The lowest BCUT2D eigenvalue weighted by molar-refractivity contribution is 0.217. The minimum atomic E-state index is -0.267. The van der Waals surface area contributed by atoms with Gasteiger partial charge in [-0.25, -0.2) is 4.39 Å². The van der Waals surface area contributed by atoms with Crippen molar-refractivity contribution in [2.24, 2.45) is 5.84 Å². The first-order chi connectivity index (χ1) is 6.22. The van der Waals surface area contributed by atoms with E-state index >= 15 is 0 Å². The Labute approximate surface area is 76.7 Å². The summed E-state index contributed by atoms with van der Waals surface area (Å²) in [5, 5.41) is 0. The summed E-state index contributed by atoms with van der Waals surface area (Å²) in [5.41, 5.74) is 2.50. The van der Waals surface area contributed by atoms with Crippen LogP contribution in [0.3, 0.4) is 0 Å². The summed E-state index contributed by atoms with van der Waals surface area (Å²) in [5.74, 6) is 5.49. The predicted molar refractivity (Wildman–Crippen MR) is 48.7 cm³/mol. The number of hydrogen-bond donors (Lipinski definition) is 2. The summed E-state index contributed by atoms with van der Waals surface area (Å²) < 4.78 is 17.9. The van der Waals surface area contributed by atoms with Crippen LogP contribution in [0.5, 0.6) is 5.75 Å². The second-order valence-corrected chi connectivity index (χ2v) is 2.79. The Hall–Kier alpha value is -1.13. The first-order valence-electron chi connectivity index (χ1n) is 4.08. The number of nitrogens with two attached hydrogens (primary N) is 1. The summed E-state index contributed by atoms with van der Waals surface area (Å²) in [6.07, 6.45) is -0.0320. The van der Waals surface area contributed by atoms with Crippen LogP contribution in [0.15, 0.2) is 24.3 Å². The van der Waals surface area contributed by atoms with Crippen LogP contribution in [-0.4, -0.2) is 12.6 Å². The molecule has 1 aromatic carbocycles. The molecule has 0 heterocycles. The van der Waals surface area contributed by atoms with Gasteiger partial charge in [-0.15, -0.1) is 0 Å². The van der Waals surface area contributed by atoms with E-state index in [0.717, 1.165) is 0 Å². The van der Waals surface area contributed by atoms with Gasteiger partial charge in [0, 0.05) is 6.54 Å². The Balaban J connectivity index is 2.49. The SMILES string of the molecule is CC(CNN)Oc1ccc(F)cc1. The molecule has 0 aliphatic heterocycles. The maximum Gasteiger partial charge on any atom is 0.123 e. The van der Waals surface area contributed by atoms with Gasteiger partial charge in [-0.05, 0) is 31.2 Å². The molecule has 0 spiro atoms. The highest BCUT2D eigenvalue weighted by Crippen LogP contribution is 2.12. The molecule has 1 rings (SSSR count). The molecule has 3 nitrogen and oxygen atoms in total. The zero-order chi connectivity index (χ0) is 9.68. The van der Waals surface area contributed by atoms with Crippen LogP contribution in [0.4, 0.5) is 4.39 Å². The average Bonchev–Trinajstić information content (AvgIpc) is 2.09. The van der Waals surface area contributed by atoms with Crippen molar-refractivity contribution >= 4 is 0 Å². The molecule has 0 bridgehead atoms. The van der Waals surface area contributed by atoms with Crippen LogP contribution in [0.2, 0.25) is 0 Å². The highest BCUT2D eigenvalue weighted by atomic mass is 19.1. The van der Waals surface area contributed by atoms with Gasteiger partial charge in [0.15, 0.2) is 0 Å². The maximum absolute atomic E-state index is 12.5. The van der Waals surface area contributed by atoms with Crippen molar-refractivity contribution in [1.29, 1.82) is 0 Å². The van der Waals surface area contributed by atoms with Crippen LogP contribution in [0.1, 0.15) is 6.92 Å². The summed E-state index contributed by atoms with van der Waals surface area (Å²) in [4.78, 5) is 0. The van der Waals surface area contributed by atoms with E-state index < -0.39 is 0 Å². The fourth-order valence-electron chi connectivity index (χ4n) is 0.953. The van der Waals surface area contributed by atoms with Gasteiger partial charge in [-0.2, -0.15) is 0 Å². The molecule has 1 aromatic rings. The Bertz CT molecular complexity index is 250. The third kappa shape index (κ3) is 3.40. The highest BCUT2D eigenvalue weighted by molar-refractivity contribution is 5.22. The highest BCUT2D eigenvalue weighted by Gasteiger charge is 2.01. The second-order valence-electron chi connectivity index (χ2n) is 2.79. The van der Waals surface area contributed by atoms with Gasteiger partial charge in [-0.1, -0.05) is 0 Å². The molecule has 1 unspecified atom stereocenters. The molecular weight excluding hydrogens is 171 g/mol. The summed E-state index contributed by atoms with van der Waals surface area (Å²) >= 11 is 0. The number of hydrazine groups is 1. The topological polar surface area (TPSA) is 47.3 Å². The minimum Gasteiger partial charge on any atom is -0.489 e. The summed E-state index contributed by atoms with van der Waals surface area (Å²) in [6.45, 7) is 2.43. The predicted octanol–water partition coefficient (Wildman–Crippen LogP) is 1.06. The van der Waals surface area contributed by atoms with Gasteiger partial charge in [0.05, 0.1) is 0 Å². The molecule has 0 aromatic heterocycles. The molecule has 0 aliphatic rings. The Kier molecular flexibility index (Phi) is 3.67. The van der Waals surface area contributed by atoms with E-state index in [9.17, 15) is 4.39 Å². The van der Waals surface area contributed by atoms with E-state index in [1.54, 1.807) is 12.1 Å². The molecule has 0 radical (unpaired) electrons. The van der Waals surface area contributed by atoms with Crippen molar-refractivity contribution in [2.45, 2.75) is 13.0 Å². The van der Waals surface area contributed by atoms with Gasteiger partial charge < -0.3 is 4.74 Å². The average molecular weight is 184 g/mol. The fourth-order valence-corrected chi connectivity index (χ4v) is 0.953. The Morgan fingerprint density at radius 1 is 1.46 bits per heavy atom. The lowest BCUT2D eigenvalue weighted by Crippen LogP contribution is -2.33. The maximum atomic E-state index is 12.5. The van der Waals surface area contributed by atoms with Crippen molar-refractivity contribution in [3.8, 4) is 5.75 Å².